The summed E-state index contributed by atoms with van der Waals surface area (Å²) in [5.41, 5.74) is 1.41. The van der Waals surface area contributed by atoms with Crippen molar-refractivity contribution in [2.24, 2.45) is 5.92 Å². The lowest BCUT2D eigenvalue weighted by molar-refractivity contribution is -0.144. The molecule has 1 aliphatic heterocycles. The predicted octanol–water partition coefficient (Wildman–Crippen LogP) is 1.82. The van der Waals surface area contributed by atoms with Crippen LogP contribution >= 0.6 is 11.6 Å². The van der Waals surface area contributed by atoms with Gasteiger partial charge in [-0.2, -0.15) is 0 Å². The van der Waals surface area contributed by atoms with Crippen LogP contribution in [-0.2, 0) is 9.59 Å². The number of piperidine rings is 1. The van der Waals surface area contributed by atoms with Gasteiger partial charge in [0.15, 0.2) is 0 Å². The fourth-order valence-corrected chi connectivity index (χ4v) is 2.58. The molecule has 1 aromatic rings. The van der Waals surface area contributed by atoms with Gasteiger partial charge in [-0.15, -0.1) is 0 Å². The Labute approximate surface area is 128 Å². The number of rotatable bonds is 2. The van der Waals surface area contributed by atoms with E-state index in [2.05, 4.69) is 5.32 Å². The zero-order chi connectivity index (χ0) is 15.4. The van der Waals surface area contributed by atoms with Crippen LogP contribution in [0, 0.1) is 12.8 Å². The van der Waals surface area contributed by atoms with E-state index in [4.69, 9.17) is 16.7 Å². The highest BCUT2D eigenvalue weighted by atomic mass is 35.5. The van der Waals surface area contributed by atoms with Crippen LogP contribution in [0.4, 0.5) is 5.69 Å². The highest BCUT2D eigenvalue weighted by molar-refractivity contribution is 6.39. The second-order valence-corrected chi connectivity index (χ2v) is 5.77. The molecule has 1 fully saturated rings. The molecule has 0 saturated carbocycles. The molecule has 0 bridgehead atoms. The van der Waals surface area contributed by atoms with Crippen LogP contribution in [0.2, 0.25) is 5.02 Å². The fourth-order valence-electron chi connectivity index (χ4n) is 2.40. The Bertz CT molecular complexity index is 548. The van der Waals surface area contributed by atoms with Crippen molar-refractivity contribution in [3.05, 3.63) is 28.8 Å². The molecule has 0 spiro atoms. The van der Waals surface area contributed by atoms with Gasteiger partial charge in [-0.3, -0.25) is 9.59 Å². The lowest BCUT2D eigenvalue weighted by Gasteiger charge is -2.31. The Hall–Kier alpha value is -1.59. The summed E-state index contributed by atoms with van der Waals surface area (Å²) in [4.78, 5) is 25.6. The molecular weight excluding hydrogens is 292 g/mol. The van der Waals surface area contributed by atoms with Gasteiger partial charge < -0.3 is 15.3 Å². The predicted molar refractivity (Wildman–Crippen MR) is 81.2 cm³/mol. The van der Waals surface area contributed by atoms with E-state index >= 15 is 0 Å². The van der Waals surface area contributed by atoms with Crippen molar-refractivity contribution in [1.29, 1.82) is 0 Å². The Morgan fingerprint density at radius 3 is 2.90 bits per heavy atom. The number of aliphatic hydroxyl groups is 1. The van der Waals surface area contributed by atoms with Crippen molar-refractivity contribution < 1.29 is 14.7 Å². The van der Waals surface area contributed by atoms with E-state index in [9.17, 15) is 9.59 Å². The minimum Gasteiger partial charge on any atom is -0.396 e. The number of halogens is 1. The van der Waals surface area contributed by atoms with Crippen LogP contribution < -0.4 is 5.32 Å². The number of aliphatic hydroxyl groups excluding tert-OH is 1. The molecule has 2 rings (SSSR count). The quantitative estimate of drug-likeness (QED) is 0.819. The number of nitrogens with zero attached hydrogens (tertiary/aromatic N) is 1. The number of hydrogen-bond acceptors (Lipinski definition) is 3. The van der Waals surface area contributed by atoms with Crippen LogP contribution in [0.1, 0.15) is 18.4 Å². The van der Waals surface area contributed by atoms with Crippen LogP contribution in [0.15, 0.2) is 18.2 Å². The summed E-state index contributed by atoms with van der Waals surface area (Å²) in [6, 6.07) is 5.11. The first-order chi connectivity index (χ1) is 10.0. The number of amides is 2. The van der Waals surface area contributed by atoms with E-state index in [1.165, 1.54) is 4.90 Å². The third-order valence-corrected chi connectivity index (χ3v) is 4.10. The summed E-state index contributed by atoms with van der Waals surface area (Å²) in [6.45, 7) is 2.88. The van der Waals surface area contributed by atoms with Crippen LogP contribution in [-0.4, -0.2) is 41.5 Å². The van der Waals surface area contributed by atoms with Crippen LogP contribution in [0.5, 0.6) is 0 Å². The Kier molecular flexibility index (Phi) is 5.20. The SMILES string of the molecule is Cc1ccc(NC(=O)C(=O)N2CCCC(CO)C2)cc1Cl. The van der Waals surface area contributed by atoms with E-state index in [1.54, 1.807) is 18.2 Å². The number of carbonyl (C=O) groups excluding carboxylic acids is 2. The maximum atomic E-state index is 12.1. The van der Waals surface area contributed by atoms with Crippen molar-refractivity contribution in [2.45, 2.75) is 19.8 Å². The minimum absolute atomic E-state index is 0.0406. The first kappa shape index (κ1) is 15.8. The number of benzene rings is 1. The lowest BCUT2D eigenvalue weighted by atomic mass is 9.99. The van der Waals surface area contributed by atoms with Gasteiger partial charge in [-0.1, -0.05) is 17.7 Å². The smallest absolute Gasteiger partial charge is 0.313 e. The number of aryl methyl sites for hydroxylation is 1. The highest BCUT2D eigenvalue weighted by Gasteiger charge is 2.27. The number of hydrogen-bond donors (Lipinski definition) is 2. The largest absolute Gasteiger partial charge is 0.396 e. The zero-order valence-corrected chi connectivity index (χ0v) is 12.7. The van der Waals surface area contributed by atoms with E-state index in [-0.39, 0.29) is 12.5 Å². The number of carbonyl (C=O) groups is 2. The van der Waals surface area contributed by atoms with Crippen molar-refractivity contribution in [3.63, 3.8) is 0 Å². The molecule has 21 heavy (non-hydrogen) atoms. The molecule has 5 nitrogen and oxygen atoms in total. The summed E-state index contributed by atoms with van der Waals surface area (Å²) in [6.07, 6.45) is 1.69. The van der Waals surface area contributed by atoms with Gasteiger partial charge in [0.05, 0.1) is 0 Å². The third-order valence-electron chi connectivity index (χ3n) is 3.69. The van der Waals surface area contributed by atoms with Crippen molar-refractivity contribution in [3.8, 4) is 0 Å². The number of anilines is 1. The van der Waals surface area contributed by atoms with Gasteiger partial charge in [-0.05, 0) is 43.4 Å². The third kappa shape index (κ3) is 3.95. The Balaban J connectivity index is 1.99. The van der Waals surface area contributed by atoms with Crippen LogP contribution in [0.25, 0.3) is 0 Å². The molecule has 2 amide bonds. The Morgan fingerprint density at radius 1 is 1.48 bits per heavy atom. The lowest BCUT2D eigenvalue weighted by Crippen LogP contribution is -2.45. The van der Waals surface area contributed by atoms with E-state index < -0.39 is 11.8 Å². The molecule has 0 aliphatic carbocycles. The van der Waals surface area contributed by atoms with Gasteiger partial charge >= 0.3 is 11.8 Å². The molecule has 1 saturated heterocycles. The Morgan fingerprint density at radius 2 is 2.24 bits per heavy atom. The summed E-state index contributed by atoms with van der Waals surface area (Å²) in [5.74, 6) is -1.18. The normalized spacial score (nSPS) is 18.4. The molecule has 1 atom stereocenters. The molecule has 1 aliphatic rings. The monoisotopic (exact) mass is 310 g/mol. The van der Waals surface area contributed by atoms with Crippen LogP contribution in [0.3, 0.4) is 0 Å². The standard InChI is InChI=1S/C15H19ClN2O3/c1-10-4-5-12(7-13(10)16)17-14(20)15(21)18-6-2-3-11(8-18)9-19/h4-5,7,11,19H,2-3,6,8-9H2,1H3,(H,17,20). The highest BCUT2D eigenvalue weighted by Crippen LogP contribution is 2.20. The second kappa shape index (κ2) is 6.91. The second-order valence-electron chi connectivity index (χ2n) is 5.36. The van der Waals surface area contributed by atoms with Gasteiger partial charge in [0.2, 0.25) is 0 Å². The minimum atomic E-state index is -0.673. The van der Waals surface area contributed by atoms with Gasteiger partial charge in [0, 0.05) is 30.4 Å². The molecule has 0 radical (unpaired) electrons. The molecule has 114 valence electrons. The molecule has 1 heterocycles. The summed E-state index contributed by atoms with van der Waals surface area (Å²) >= 11 is 5.99. The molecule has 1 unspecified atom stereocenters. The molecule has 2 N–H and O–H groups in total. The average molecular weight is 311 g/mol. The fraction of sp³-hybridized carbons (Fsp3) is 0.467. The number of nitrogens with one attached hydrogen (secondary N) is 1. The number of likely N-dealkylation sites (tertiary alicyclic amines) is 1. The van der Waals surface area contributed by atoms with Gasteiger partial charge in [-0.25, -0.2) is 0 Å². The molecule has 6 heteroatoms. The topological polar surface area (TPSA) is 69.6 Å². The maximum Gasteiger partial charge on any atom is 0.313 e. The van der Waals surface area contributed by atoms with E-state index in [0.717, 1.165) is 18.4 Å². The zero-order valence-electron chi connectivity index (χ0n) is 11.9. The van der Waals surface area contributed by atoms with E-state index in [0.29, 0.717) is 23.8 Å². The maximum absolute atomic E-state index is 12.1. The summed E-state index contributed by atoms with van der Waals surface area (Å²) in [5, 5.41) is 12.3. The van der Waals surface area contributed by atoms with E-state index in [1.807, 2.05) is 6.92 Å². The first-order valence-corrected chi connectivity index (χ1v) is 7.36. The average Bonchev–Trinajstić information content (AvgIpc) is 2.50. The molecular formula is C15H19ClN2O3. The van der Waals surface area contributed by atoms with Crippen molar-refractivity contribution in [1.82, 2.24) is 4.90 Å². The molecule has 1 aromatic carbocycles. The van der Waals surface area contributed by atoms with Crippen molar-refractivity contribution in [2.75, 3.05) is 25.0 Å². The molecule has 0 aromatic heterocycles. The first-order valence-electron chi connectivity index (χ1n) is 6.98. The summed E-state index contributed by atoms with van der Waals surface area (Å²) in [7, 11) is 0. The van der Waals surface area contributed by atoms with Crippen molar-refractivity contribution >= 4 is 29.1 Å². The van der Waals surface area contributed by atoms with Gasteiger partial charge in [0.1, 0.15) is 0 Å². The summed E-state index contributed by atoms with van der Waals surface area (Å²) < 4.78 is 0. The van der Waals surface area contributed by atoms with Gasteiger partial charge in [0.25, 0.3) is 0 Å².